The zero-order valence-electron chi connectivity index (χ0n) is 17.5. The standard InChI is InChI=1S/C21H29NSi/c1-16-9-11-18(12-10-16)20-14-19(13-17-7-5-6-8-17)21(15-22-20)23(2,3)4/h9-12,14-15,17H,5-8,13H2,1-4H3/i1D3. The lowest BCUT2D eigenvalue weighted by atomic mass is 9.97. The molecule has 0 bridgehead atoms. The molecule has 0 aliphatic heterocycles. The SMILES string of the molecule is [2H]C([2H])([2H])c1ccc(-c2cc(CC3CCCC3)c([Si](C)(C)C)cn2)cc1. The smallest absolute Gasteiger partial charge is 0.0799 e. The van der Waals surface area contributed by atoms with Gasteiger partial charge in [0.1, 0.15) is 0 Å². The second-order valence-electron chi connectivity index (χ2n) is 7.91. The van der Waals surface area contributed by atoms with Crippen LogP contribution in [0.15, 0.2) is 36.5 Å². The quantitative estimate of drug-likeness (QED) is 0.692. The average Bonchev–Trinajstić information content (AvgIpc) is 3.06. The second-order valence-corrected chi connectivity index (χ2v) is 12.9. The molecule has 2 aromatic rings. The van der Waals surface area contributed by atoms with E-state index < -0.39 is 14.9 Å². The highest BCUT2D eigenvalue weighted by atomic mass is 28.3. The third-order valence-electron chi connectivity index (χ3n) is 4.96. The van der Waals surface area contributed by atoms with Crippen LogP contribution in [0.4, 0.5) is 0 Å². The summed E-state index contributed by atoms with van der Waals surface area (Å²) in [7, 11) is -1.44. The zero-order chi connectivity index (χ0) is 18.9. The van der Waals surface area contributed by atoms with Gasteiger partial charge in [-0.3, -0.25) is 4.98 Å². The molecule has 122 valence electrons. The number of nitrogens with zero attached hydrogens (tertiary/aromatic N) is 1. The maximum atomic E-state index is 7.53. The number of aryl methyl sites for hydroxylation is 1. The van der Waals surface area contributed by atoms with Crippen LogP contribution in [0.2, 0.25) is 19.6 Å². The second kappa shape index (κ2) is 6.60. The van der Waals surface area contributed by atoms with Crippen LogP contribution in [-0.4, -0.2) is 13.1 Å². The van der Waals surface area contributed by atoms with Gasteiger partial charge < -0.3 is 0 Å². The summed E-state index contributed by atoms with van der Waals surface area (Å²) in [6.45, 7) is 5.09. The molecule has 0 radical (unpaired) electrons. The Morgan fingerprint density at radius 2 is 1.83 bits per heavy atom. The van der Waals surface area contributed by atoms with Gasteiger partial charge in [-0.2, -0.15) is 0 Å². The predicted octanol–water partition coefficient (Wildman–Crippen LogP) is 5.33. The number of pyridine rings is 1. The lowest BCUT2D eigenvalue weighted by molar-refractivity contribution is 0.547. The largest absolute Gasteiger partial charge is 0.256 e. The number of benzene rings is 1. The summed E-state index contributed by atoms with van der Waals surface area (Å²) in [5, 5.41) is 1.47. The van der Waals surface area contributed by atoms with Crippen molar-refractivity contribution >= 4 is 13.3 Å². The molecule has 1 saturated carbocycles. The van der Waals surface area contributed by atoms with Gasteiger partial charge in [-0.25, -0.2) is 0 Å². The van der Waals surface area contributed by atoms with E-state index in [1.165, 1.54) is 36.4 Å². The van der Waals surface area contributed by atoms with Crippen LogP contribution in [0.5, 0.6) is 0 Å². The molecule has 3 rings (SSSR count). The van der Waals surface area contributed by atoms with Crippen molar-refractivity contribution in [2.75, 3.05) is 0 Å². The van der Waals surface area contributed by atoms with E-state index in [0.717, 1.165) is 23.6 Å². The Balaban J connectivity index is 1.95. The molecule has 0 N–H and O–H groups in total. The zero-order valence-corrected chi connectivity index (χ0v) is 15.5. The molecule has 1 heterocycles. The molecule has 23 heavy (non-hydrogen) atoms. The van der Waals surface area contributed by atoms with E-state index in [1.54, 1.807) is 12.1 Å². The molecular formula is C21H29NSi. The first-order valence-electron chi connectivity index (χ1n) is 10.2. The molecule has 1 aromatic carbocycles. The van der Waals surface area contributed by atoms with Crippen LogP contribution in [0, 0.1) is 12.8 Å². The highest BCUT2D eigenvalue weighted by Crippen LogP contribution is 2.29. The Bertz CT molecular complexity index is 754. The average molecular weight is 327 g/mol. The van der Waals surface area contributed by atoms with Crippen molar-refractivity contribution in [3.8, 4) is 11.3 Å². The van der Waals surface area contributed by atoms with Crippen molar-refractivity contribution in [2.45, 2.75) is 58.6 Å². The normalized spacial score (nSPS) is 18.5. The molecule has 0 amide bonds. The summed E-state index contributed by atoms with van der Waals surface area (Å²) in [5.41, 5.74) is 3.79. The fraction of sp³-hybridized carbons (Fsp3) is 0.476. The third-order valence-corrected chi connectivity index (χ3v) is 7.03. The fourth-order valence-electron chi connectivity index (χ4n) is 3.67. The summed E-state index contributed by atoms with van der Waals surface area (Å²) in [6, 6.07) is 9.44. The van der Waals surface area contributed by atoms with E-state index in [1.807, 2.05) is 12.1 Å². The summed E-state index contributed by atoms with van der Waals surface area (Å²) >= 11 is 0. The summed E-state index contributed by atoms with van der Waals surface area (Å²) in [6.07, 6.45) is 8.65. The third kappa shape index (κ3) is 3.92. The molecule has 0 unspecified atom stereocenters. The van der Waals surface area contributed by atoms with Gasteiger partial charge in [0.05, 0.1) is 13.8 Å². The first-order valence-corrected chi connectivity index (χ1v) is 12.2. The van der Waals surface area contributed by atoms with Crippen molar-refractivity contribution in [1.82, 2.24) is 4.98 Å². The van der Waals surface area contributed by atoms with Crippen molar-refractivity contribution in [3.63, 3.8) is 0 Å². The summed E-state index contributed by atoms with van der Waals surface area (Å²) in [4.78, 5) is 4.74. The monoisotopic (exact) mass is 326 g/mol. The Kier molecular flexibility index (Phi) is 3.72. The van der Waals surface area contributed by atoms with Crippen LogP contribution in [0.3, 0.4) is 0 Å². The summed E-state index contributed by atoms with van der Waals surface area (Å²) < 4.78 is 22.6. The Morgan fingerprint density at radius 1 is 1.13 bits per heavy atom. The highest BCUT2D eigenvalue weighted by molar-refractivity contribution is 6.89. The van der Waals surface area contributed by atoms with Crippen molar-refractivity contribution in [2.24, 2.45) is 5.92 Å². The first-order chi connectivity index (χ1) is 12.1. The topological polar surface area (TPSA) is 12.9 Å². The van der Waals surface area contributed by atoms with E-state index >= 15 is 0 Å². The molecule has 0 saturated heterocycles. The van der Waals surface area contributed by atoms with Crippen molar-refractivity contribution in [1.29, 1.82) is 0 Å². The fourth-order valence-corrected chi connectivity index (χ4v) is 5.26. The molecule has 0 spiro atoms. The van der Waals surface area contributed by atoms with Gasteiger partial charge in [-0.1, -0.05) is 75.2 Å². The molecule has 1 aliphatic rings. The molecule has 1 aliphatic carbocycles. The lowest BCUT2D eigenvalue weighted by Crippen LogP contribution is -2.41. The van der Waals surface area contributed by atoms with Gasteiger partial charge in [0.15, 0.2) is 0 Å². The number of aromatic nitrogens is 1. The van der Waals surface area contributed by atoms with Gasteiger partial charge in [-0.15, -0.1) is 0 Å². The highest BCUT2D eigenvalue weighted by Gasteiger charge is 2.24. The lowest BCUT2D eigenvalue weighted by Gasteiger charge is -2.23. The molecule has 1 nitrogen and oxygen atoms in total. The van der Waals surface area contributed by atoms with Crippen LogP contribution in [-0.2, 0) is 6.42 Å². The van der Waals surface area contributed by atoms with Crippen molar-refractivity contribution < 1.29 is 4.11 Å². The van der Waals surface area contributed by atoms with Crippen LogP contribution in [0.25, 0.3) is 11.3 Å². The predicted molar refractivity (Wildman–Crippen MR) is 103 cm³/mol. The molecule has 1 aromatic heterocycles. The maximum absolute atomic E-state index is 7.53. The van der Waals surface area contributed by atoms with Gasteiger partial charge >= 0.3 is 0 Å². The van der Waals surface area contributed by atoms with Gasteiger partial charge in [0.25, 0.3) is 0 Å². The number of hydrogen-bond acceptors (Lipinski definition) is 1. The van der Waals surface area contributed by atoms with E-state index in [0.29, 0.717) is 5.56 Å². The van der Waals surface area contributed by atoms with Crippen LogP contribution >= 0.6 is 0 Å². The molecule has 1 fully saturated rings. The van der Waals surface area contributed by atoms with Gasteiger partial charge in [-0.05, 0) is 36.0 Å². The van der Waals surface area contributed by atoms with E-state index in [2.05, 4.69) is 31.9 Å². The Hall–Kier alpha value is -1.41. The molecule has 2 heteroatoms. The minimum atomic E-state index is -2.05. The van der Waals surface area contributed by atoms with Gasteiger partial charge in [0.2, 0.25) is 0 Å². The summed E-state index contributed by atoms with van der Waals surface area (Å²) in [5.74, 6) is 0.804. The van der Waals surface area contributed by atoms with Crippen LogP contribution < -0.4 is 5.19 Å². The maximum Gasteiger partial charge on any atom is 0.0799 e. The van der Waals surface area contributed by atoms with E-state index in [4.69, 9.17) is 9.10 Å². The number of hydrogen-bond donors (Lipinski definition) is 0. The van der Waals surface area contributed by atoms with E-state index in [-0.39, 0.29) is 0 Å². The minimum absolute atomic E-state index is 0.381. The molecule has 0 atom stereocenters. The molecular weight excluding hydrogens is 294 g/mol. The van der Waals surface area contributed by atoms with Crippen molar-refractivity contribution in [3.05, 3.63) is 47.7 Å². The van der Waals surface area contributed by atoms with Gasteiger partial charge in [0, 0.05) is 15.9 Å². The first kappa shape index (κ1) is 12.9. The number of rotatable bonds is 4. The van der Waals surface area contributed by atoms with Crippen LogP contribution in [0.1, 0.15) is 40.9 Å². The Labute approximate surface area is 146 Å². The Morgan fingerprint density at radius 3 is 2.43 bits per heavy atom. The van der Waals surface area contributed by atoms with E-state index in [9.17, 15) is 0 Å². The minimum Gasteiger partial charge on any atom is -0.256 e.